The largest absolute Gasteiger partial charge is 0.480 e. The third-order valence-electron chi connectivity index (χ3n) is 2.53. The number of aliphatic carboxylic acids is 1. The number of ether oxygens (including phenoxy) is 1. The van der Waals surface area contributed by atoms with Crippen LogP contribution in [0.25, 0.3) is 0 Å². The molecule has 0 saturated heterocycles. The van der Waals surface area contributed by atoms with Crippen molar-refractivity contribution >= 4 is 17.7 Å². The highest BCUT2D eigenvalue weighted by molar-refractivity contribution is 5.80. The molecule has 1 amide bonds. The molecule has 1 aromatic rings. The number of amides is 1. The zero-order valence-corrected chi connectivity index (χ0v) is 12.4. The van der Waals surface area contributed by atoms with E-state index in [9.17, 15) is 9.59 Å². The Bertz CT molecular complexity index is 511. The lowest BCUT2D eigenvalue weighted by Gasteiger charge is -2.22. The van der Waals surface area contributed by atoms with E-state index in [1.807, 2.05) is 0 Å². The molecule has 0 spiro atoms. The van der Waals surface area contributed by atoms with Gasteiger partial charge in [0.05, 0.1) is 5.69 Å². The number of carboxylic acid groups (broad SMARTS) is 1. The van der Waals surface area contributed by atoms with Crippen LogP contribution in [0.4, 0.5) is 10.5 Å². The van der Waals surface area contributed by atoms with E-state index in [4.69, 9.17) is 15.6 Å². The van der Waals surface area contributed by atoms with Crippen LogP contribution in [0, 0.1) is 0 Å². The van der Waals surface area contributed by atoms with E-state index < -0.39 is 23.7 Å². The molecule has 21 heavy (non-hydrogen) atoms. The first-order valence-electron chi connectivity index (χ1n) is 6.59. The van der Waals surface area contributed by atoms with Crippen molar-refractivity contribution in [3.05, 3.63) is 24.0 Å². The van der Waals surface area contributed by atoms with Crippen molar-refractivity contribution in [1.82, 2.24) is 10.3 Å². The number of hydrogen-bond donors (Lipinski definition) is 3. The van der Waals surface area contributed by atoms with E-state index in [0.717, 1.165) is 5.56 Å². The monoisotopic (exact) mass is 295 g/mol. The van der Waals surface area contributed by atoms with E-state index >= 15 is 0 Å². The van der Waals surface area contributed by atoms with Gasteiger partial charge in [-0.1, -0.05) is 0 Å². The molecule has 0 radical (unpaired) electrons. The number of pyridine rings is 1. The smallest absolute Gasteiger partial charge is 0.408 e. The first kappa shape index (κ1) is 16.7. The molecule has 1 unspecified atom stereocenters. The van der Waals surface area contributed by atoms with Gasteiger partial charge in [0.15, 0.2) is 0 Å². The predicted octanol–water partition coefficient (Wildman–Crippen LogP) is 1.57. The van der Waals surface area contributed by atoms with Crippen molar-refractivity contribution in [2.24, 2.45) is 0 Å². The minimum absolute atomic E-state index is 0.222. The van der Waals surface area contributed by atoms with Gasteiger partial charge in [-0.3, -0.25) is 4.98 Å². The van der Waals surface area contributed by atoms with E-state index in [2.05, 4.69) is 10.3 Å². The van der Waals surface area contributed by atoms with Crippen molar-refractivity contribution in [3.63, 3.8) is 0 Å². The quantitative estimate of drug-likeness (QED) is 0.759. The Kier molecular flexibility index (Phi) is 5.52. The molecule has 0 bridgehead atoms. The summed E-state index contributed by atoms with van der Waals surface area (Å²) >= 11 is 0. The maximum absolute atomic E-state index is 11.6. The van der Waals surface area contributed by atoms with Crippen LogP contribution in [0.1, 0.15) is 32.8 Å². The molecule has 0 aliphatic carbocycles. The summed E-state index contributed by atoms with van der Waals surface area (Å²) < 4.78 is 5.04. The number of alkyl carbamates (subject to hydrolysis) is 1. The Hall–Kier alpha value is -2.31. The Morgan fingerprint density at radius 3 is 2.62 bits per heavy atom. The first-order valence-corrected chi connectivity index (χ1v) is 6.59. The molecule has 7 heteroatoms. The van der Waals surface area contributed by atoms with Gasteiger partial charge in [0.25, 0.3) is 0 Å². The summed E-state index contributed by atoms with van der Waals surface area (Å²) in [5.74, 6) is -1.11. The second-order valence-corrected chi connectivity index (χ2v) is 5.70. The number of carbonyl (C=O) groups excluding carboxylic acids is 1. The summed E-state index contributed by atoms with van der Waals surface area (Å²) in [4.78, 5) is 26.7. The zero-order chi connectivity index (χ0) is 16.0. The fourth-order valence-corrected chi connectivity index (χ4v) is 1.66. The third-order valence-corrected chi connectivity index (χ3v) is 2.53. The van der Waals surface area contributed by atoms with Gasteiger partial charge in [-0.2, -0.15) is 0 Å². The minimum atomic E-state index is -1.11. The van der Waals surface area contributed by atoms with Crippen LogP contribution in [-0.2, 0) is 16.0 Å². The number of nitrogen functional groups attached to an aromatic ring is 1. The van der Waals surface area contributed by atoms with Gasteiger partial charge in [0, 0.05) is 12.4 Å². The van der Waals surface area contributed by atoms with Gasteiger partial charge in [-0.05, 0) is 45.2 Å². The second kappa shape index (κ2) is 6.92. The normalized spacial score (nSPS) is 12.5. The number of aromatic nitrogens is 1. The van der Waals surface area contributed by atoms with Crippen LogP contribution < -0.4 is 11.1 Å². The van der Waals surface area contributed by atoms with E-state index in [1.165, 1.54) is 6.20 Å². The summed E-state index contributed by atoms with van der Waals surface area (Å²) in [6.45, 7) is 5.13. The number of nitrogens with one attached hydrogen (secondary N) is 1. The summed E-state index contributed by atoms with van der Waals surface area (Å²) in [7, 11) is 0. The topological polar surface area (TPSA) is 115 Å². The van der Waals surface area contributed by atoms with Crippen LogP contribution in [0.2, 0.25) is 0 Å². The molecule has 0 aliphatic heterocycles. The molecule has 0 aromatic carbocycles. The minimum Gasteiger partial charge on any atom is -0.480 e. The summed E-state index contributed by atoms with van der Waals surface area (Å²) in [6.07, 6.45) is 3.03. The van der Waals surface area contributed by atoms with E-state index in [0.29, 0.717) is 12.1 Å². The van der Waals surface area contributed by atoms with Crippen LogP contribution in [0.3, 0.4) is 0 Å². The van der Waals surface area contributed by atoms with Gasteiger partial charge >= 0.3 is 12.1 Å². The standard InChI is InChI=1S/C14H21N3O4/c1-14(2,3)21-13(20)17-11(12(18)19)5-4-9-6-10(15)8-16-7-9/h6-8,11H,4-5,15H2,1-3H3,(H,17,20)(H,18,19). The number of carbonyl (C=O) groups is 2. The summed E-state index contributed by atoms with van der Waals surface area (Å²) in [5.41, 5.74) is 6.26. The van der Waals surface area contributed by atoms with Gasteiger partial charge < -0.3 is 20.9 Å². The SMILES string of the molecule is CC(C)(C)OC(=O)NC(CCc1cncc(N)c1)C(=O)O. The highest BCUT2D eigenvalue weighted by atomic mass is 16.6. The number of anilines is 1. The highest BCUT2D eigenvalue weighted by Gasteiger charge is 2.23. The number of nitrogens with two attached hydrogens (primary N) is 1. The molecule has 0 aliphatic rings. The zero-order valence-electron chi connectivity index (χ0n) is 12.4. The average Bonchev–Trinajstić information content (AvgIpc) is 2.32. The number of aryl methyl sites for hydroxylation is 1. The highest BCUT2D eigenvalue weighted by Crippen LogP contribution is 2.10. The molecule has 4 N–H and O–H groups in total. The number of hydrogen-bond acceptors (Lipinski definition) is 5. The van der Waals surface area contributed by atoms with Crippen LogP contribution in [0.15, 0.2) is 18.5 Å². The van der Waals surface area contributed by atoms with Crippen molar-refractivity contribution in [3.8, 4) is 0 Å². The van der Waals surface area contributed by atoms with E-state index in [-0.39, 0.29) is 6.42 Å². The summed E-state index contributed by atoms with van der Waals surface area (Å²) in [6, 6.07) is 0.695. The fraction of sp³-hybridized carbons (Fsp3) is 0.500. The third kappa shape index (κ3) is 6.60. The molecule has 7 nitrogen and oxygen atoms in total. The van der Waals surface area contributed by atoms with Crippen LogP contribution in [0.5, 0.6) is 0 Å². The van der Waals surface area contributed by atoms with Gasteiger partial charge in [-0.15, -0.1) is 0 Å². The van der Waals surface area contributed by atoms with Crippen molar-refractivity contribution < 1.29 is 19.4 Å². The first-order chi connectivity index (χ1) is 9.67. The predicted molar refractivity (Wildman–Crippen MR) is 77.8 cm³/mol. The maximum Gasteiger partial charge on any atom is 0.408 e. The Labute approximate surface area is 123 Å². The number of nitrogens with zero attached hydrogens (tertiary/aromatic N) is 1. The second-order valence-electron chi connectivity index (χ2n) is 5.70. The van der Waals surface area contributed by atoms with Crippen molar-refractivity contribution in [1.29, 1.82) is 0 Å². The molecular formula is C14H21N3O4. The molecule has 1 atom stereocenters. The molecule has 0 fully saturated rings. The van der Waals surface area contributed by atoms with Crippen molar-refractivity contribution in [2.45, 2.75) is 45.3 Å². The van der Waals surface area contributed by atoms with Gasteiger partial charge in [0.2, 0.25) is 0 Å². The summed E-state index contributed by atoms with van der Waals surface area (Å²) in [5, 5.41) is 11.5. The van der Waals surface area contributed by atoms with Gasteiger partial charge in [-0.25, -0.2) is 9.59 Å². The van der Waals surface area contributed by atoms with Crippen LogP contribution in [-0.4, -0.2) is 33.8 Å². The lowest BCUT2D eigenvalue weighted by molar-refractivity contribution is -0.139. The molecule has 0 saturated carbocycles. The van der Waals surface area contributed by atoms with Gasteiger partial charge in [0.1, 0.15) is 11.6 Å². The lowest BCUT2D eigenvalue weighted by Crippen LogP contribution is -2.43. The lowest BCUT2D eigenvalue weighted by atomic mass is 10.1. The fourth-order valence-electron chi connectivity index (χ4n) is 1.66. The maximum atomic E-state index is 11.6. The molecule has 1 heterocycles. The molecule has 116 valence electrons. The van der Waals surface area contributed by atoms with Crippen molar-refractivity contribution in [2.75, 3.05) is 5.73 Å². The Morgan fingerprint density at radius 2 is 2.10 bits per heavy atom. The molecular weight excluding hydrogens is 274 g/mol. The van der Waals surface area contributed by atoms with Crippen LogP contribution >= 0.6 is 0 Å². The molecule has 1 rings (SSSR count). The number of carboxylic acids is 1. The average molecular weight is 295 g/mol. The number of rotatable bonds is 5. The Morgan fingerprint density at radius 1 is 1.43 bits per heavy atom. The Balaban J connectivity index is 2.58. The molecule has 1 aromatic heterocycles. The van der Waals surface area contributed by atoms with E-state index in [1.54, 1.807) is 33.0 Å².